The zero-order valence-corrected chi connectivity index (χ0v) is 13.1. The normalized spacial score (nSPS) is 13.5. The molecule has 2 atom stereocenters. The number of benzene rings is 1. The molecule has 0 aliphatic rings. The molecule has 1 unspecified atom stereocenters. The molecule has 1 rings (SSSR count). The van der Waals surface area contributed by atoms with Crippen LogP contribution in [0.25, 0.3) is 0 Å². The number of hydrogen-bond acceptors (Lipinski definition) is 2. The monoisotopic (exact) mass is 291 g/mol. The second-order valence-corrected chi connectivity index (χ2v) is 5.56. The highest BCUT2D eigenvalue weighted by Gasteiger charge is 2.21. The van der Waals surface area contributed by atoms with Crippen LogP contribution < -0.4 is 5.32 Å². The van der Waals surface area contributed by atoms with Gasteiger partial charge < -0.3 is 10.4 Å². The molecular formula is C17H25NO3. The third-order valence-corrected chi connectivity index (χ3v) is 3.69. The zero-order valence-electron chi connectivity index (χ0n) is 13.1. The van der Waals surface area contributed by atoms with Crippen molar-refractivity contribution in [3.8, 4) is 0 Å². The van der Waals surface area contributed by atoms with Crippen LogP contribution in [0.5, 0.6) is 0 Å². The summed E-state index contributed by atoms with van der Waals surface area (Å²) in [6.07, 6.45) is 2.50. The van der Waals surface area contributed by atoms with Gasteiger partial charge in [-0.1, -0.05) is 51.0 Å². The summed E-state index contributed by atoms with van der Waals surface area (Å²) >= 11 is 0. The zero-order chi connectivity index (χ0) is 15.8. The van der Waals surface area contributed by atoms with Crippen molar-refractivity contribution in [1.82, 2.24) is 5.32 Å². The van der Waals surface area contributed by atoms with Crippen LogP contribution in [0.15, 0.2) is 24.3 Å². The van der Waals surface area contributed by atoms with Gasteiger partial charge >= 0.3 is 5.97 Å². The number of unbranched alkanes of at least 4 members (excludes halogenated alkanes) is 1. The summed E-state index contributed by atoms with van der Waals surface area (Å²) in [5.41, 5.74) is 2.28. The maximum absolute atomic E-state index is 12.0. The molecule has 0 spiro atoms. The lowest BCUT2D eigenvalue weighted by molar-refractivity contribution is -0.142. The number of carbonyl (C=O) groups is 2. The molecule has 21 heavy (non-hydrogen) atoms. The molecule has 0 aliphatic heterocycles. The number of carboxylic acid groups (broad SMARTS) is 1. The quantitative estimate of drug-likeness (QED) is 0.772. The summed E-state index contributed by atoms with van der Waals surface area (Å²) in [5, 5.41) is 11.8. The van der Waals surface area contributed by atoms with Crippen LogP contribution in [-0.4, -0.2) is 23.0 Å². The first-order chi connectivity index (χ1) is 9.95. The Bertz CT molecular complexity index is 485. The number of aryl methyl sites for hydroxylation is 1. The van der Waals surface area contributed by atoms with Crippen molar-refractivity contribution in [3.63, 3.8) is 0 Å². The number of hydrogen-bond donors (Lipinski definition) is 2. The molecule has 1 aromatic rings. The topological polar surface area (TPSA) is 66.4 Å². The van der Waals surface area contributed by atoms with Gasteiger partial charge in [-0.25, -0.2) is 4.79 Å². The standard InChI is InChI=1S/C17H25NO3/c1-4-5-10-15(17(20)21)18-16(19)11-13(3)14-9-7-6-8-12(14)2/h6-9,13,15H,4-5,10-11H2,1-3H3,(H,18,19)(H,20,21)/t13?,15-/m0/s1. The Morgan fingerprint density at radius 1 is 1.29 bits per heavy atom. The van der Waals surface area contributed by atoms with Crippen LogP contribution in [-0.2, 0) is 9.59 Å². The number of rotatable bonds is 8. The first-order valence-electron chi connectivity index (χ1n) is 7.53. The van der Waals surface area contributed by atoms with E-state index < -0.39 is 12.0 Å². The van der Waals surface area contributed by atoms with E-state index in [1.54, 1.807) is 0 Å². The van der Waals surface area contributed by atoms with Crippen molar-refractivity contribution in [2.24, 2.45) is 0 Å². The number of carboxylic acids is 1. The van der Waals surface area contributed by atoms with Crippen molar-refractivity contribution < 1.29 is 14.7 Å². The second-order valence-electron chi connectivity index (χ2n) is 5.56. The van der Waals surface area contributed by atoms with Crippen molar-refractivity contribution in [2.75, 3.05) is 0 Å². The van der Waals surface area contributed by atoms with Crippen molar-refractivity contribution in [2.45, 2.75) is 58.4 Å². The molecule has 0 heterocycles. The van der Waals surface area contributed by atoms with E-state index in [4.69, 9.17) is 5.11 Å². The van der Waals surface area contributed by atoms with E-state index in [1.165, 1.54) is 0 Å². The molecular weight excluding hydrogens is 266 g/mol. The van der Waals surface area contributed by atoms with Gasteiger partial charge in [0.2, 0.25) is 5.91 Å². The fourth-order valence-corrected chi connectivity index (χ4v) is 2.45. The van der Waals surface area contributed by atoms with E-state index in [2.05, 4.69) is 5.32 Å². The largest absolute Gasteiger partial charge is 0.480 e. The molecule has 2 N–H and O–H groups in total. The van der Waals surface area contributed by atoms with Gasteiger partial charge in [0.1, 0.15) is 6.04 Å². The molecule has 0 radical (unpaired) electrons. The molecule has 0 aliphatic carbocycles. The van der Waals surface area contributed by atoms with Gasteiger partial charge in [0, 0.05) is 6.42 Å². The smallest absolute Gasteiger partial charge is 0.326 e. The van der Waals surface area contributed by atoms with Gasteiger partial charge in [-0.3, -0.25) is 4.79 Å². The lowest BCUT2D eigenvalue weighted by atomic mass is 9.93. The second kappa shape index (κ2) is 8.45. The minimum atomic E-state index is -0.958. The molecule has 0 aromatic heterocycles. The summed E-state index contributed by atoms with van der Waals surface area (Å²) < 4.78 is 0. The van der Waals surface area contributed by atoms with E-state index in [-0.39, 0.29) is 11.8 Å². The lowest BCUT2D eigenvalue weighted by Crippen LogP contribution is -2.41. The average Bonchev–Trinajstić information content (AvgIpc) is 2.43. The van der Waals surface area contributed by atoms with Crippen molar-refractivity contribution in [1.29, 1.82) is 0 Å². The minimum absolute atomic E-state index is 0.0758. The molecule has 0 bridgehead atoms. The Labute approximate surface area is 126 Å². The third kappa shape index (κ3) is 5.58. The first kappa shape index (κ1) is 17.2. The molecule has 1 amide bonds. The number of amides is 1. The summed E-state index contributed by atoms with van der Waals surface area (Å²) in [6, 6.07) is 7.18. The van der Waals surface area contributed by atoms with E-state index in [9.17, 15) is 9.59 Å². The van der Waals surface area contributed by atoms with E-state index in [0.717, 1.165) is 24.0 Å². The Balaban J connectivity index is 2.59. The summed E-state index contributed by atoms with van der Waals surface area (Å²) in [6.45, 7) is 6.01. The Hall–Kier alpha value is -1.84. The van der Waals surface area contributed by atoms with E-state index in [0.29, 0.717) is 12.8 Å². The summed E-state index contributed by atoms with van der Waals surface area (Å²) in [5.74, 6) is -1.08. The lowest BCUT2D eigenvalue weighted by Gasteiger charge is -2.17. The van der Waals surface area contributed by atoms with Crippen LogP contribution in [0.2, 0.25) is 0 Å². The Morgan fingerprint density at radius 3 is 2.52 bits per heavy atom. The van der Waals surface area contributed by atoms with Gasteiger partial charge in [-0.2, -0.15) is 0 Å². The third-order valence-electron chi connectivity index (χ3n) is 3.69. The highest BCUT2D eigenvalue weighted by Crippen LogP contribution is 2.22. The maximum Gasteiger partial charge on any atom is 0.326 e. The molecule has 116 valence electrons. The van der Waals surface area contributed by atoms with Gasteiger partial charge in [0.25, 0.3) is 0 Å². The predicted molar refractivity (Wildman–Crippen MR) is 83.3 cm³/mol. The first-order valence-corrected chi connectivity index (χ1v) is 7.53. The highest BCUT2D eigenvalue weighted by molar-refractivity contribution is 5.83. The Kier molecular flexibility index (Phi) is 6.92. The van der Waals surface area contributed by atoms with Crippen LogP contribution in [0.4, 0.5) is 0 Å². The maximum atomic E-state index is 12.0. The van der Waals surface area contributed by atoms with Gasteiger partial charge in [-0.05, 0) is 30.4 Å². The SMILES string of the molecule is CCCC[C@H](NC(=O)CC(C)c1ccccc1C)C(=O)O. The number of nitrogens with one attached hydrogen (secondary N) is 1. The fourth-order valence-electron chi connectivity index (χ4n) is 2.45. The molecule has 4 heteroatoms. The minimum Gasteiger partial charge on any atom is -0.480 e. The fraction of sp³-hybridized carbons (Fsp3) is 0.529. The van der Waals surface area contributed by atoms with Crippen LogP contribution >= 0.6 is 0 Å². The average molecular weight is 291 g/mol. The van der Waals surface area contributed by atoms with Gasteiger partial charge in [-0.15, -0.1) is 0 Å². The van der Waals surface area contributed by atoms with E-state index >= 15 is 0 Å². The summed E-state index contributed by atoms with van der Waals surface area (Å²) in [4.78, 5) is 23.2. The highest BCUT2D eigenvalue weighted by atomic mass is 16.4. The van der Waals surface area contributed by atoms with Crippen LogP contribution in [0, 0.1) is 6.92 Å². The molecule has 4 nitrogen and oxygen atoms in total. The molecule has 0 saturated carbocycles. The summed E-state index contributed by atoms with van der Waals surface area (Å²) in [7, 11) is 0. The predicted octanol–water partition coefficient (Wildman–Crippen LogP) is 3.25. The molecule has 1 aromatic carbocycles. The molecule has 0 fully saturated rings. The number of carbonyl (C=O) groups excluding carboxylic acids is 1. The van der Waals surface area contributed by atoms with Crippen molar-refractivity contribution >= 4 is 11.9 Å². The van der Waals surface area contributed by atoms with Gasteiger partial charge in [0.15, 0.2) is 0 Å². The van der Waals surface area contributed by atoms with Crippen LogP contribution in [0.1, 0.15) is 56.6 Å². The number of aliphatic carboxylic acids is 1. The Morgan fingerprint density at radius 2 is 1.95 bits per heavy atom. The van der Waals surface area contributed by atoms with Crippen LogP contribution in [0.3, 0.4) is 0 Å². The van der Waals surface area contributed by atoms with Gasteiger partial charge in [0.05, 0.1) is 0 Å². The van der Waals surface area contributed by atoms with Crippen molar-refractivity contribution in [3.05, 3.63) is 35.4 Å². The van der Waals surface area contributed by atoms with E-state index in [1.807, 2.05) is 45.0 Å². The molecule has 0 saturated heterocycles.